The van der Waals surface area contributed by atoms with Gasteiger partial charge in [-0.3, -0.25) is 5.73 Å². The van der Waals surface area contributed by atoms with E-state index >= 15 is 0 Å². The predicted octanol–water partition coefficient (Wildman–Crippen LogP) is 1.29. The van der Waals surface area contributed by atoms with Crippen LogP contribution in [0.1, 0.15) is 25.0 Å². The zero-order valence-electron chi connectivity index (χ0n) is 9.19. The second-order valence-corrected chi connectivity index (χ2v) is 3.78. The second kappa shape index (κ2) is 4.25. The van der Waals surface area contributed by atoms with Gasteiger partial charge in [0.15, 0.2) is 0 Å². The Labute approximate surface area is 90.7 Å². The Morgan fingerprint density at radius 2 is 2.33 bits per heavy atom. The van der Waals surface area contributed by atoms with Crippen LogP contribution < -0.4 is 15.9 Å². The Morgan fingerprint density at radius 3 is 3.00 bits per heavy atom. The highest BCUT2D eigenvalue weighted by Crippen LogP contribution is 2.28. The van der Waals surface area contributed by atoms with Crippen LogP contribution in [-0.2, 0) is 4.65 Å². The fraction of sp³-hybridized carbons (Fsp3) is 0.455. The monoisotopic (exact) mass is 205 g/mol. The highest BCUT2D eigenvalue weighted by atomic mass is 16.5. The van der Waals surface area contributed by atoms with E-state index in [0.717, 1.165) is 12.2 Å². The average molecular weight is 205 g/mol. The van der Waals surface area contributed by atoms with Gasteiger partial charge >= 0.3 is 6.92 Å². The van der Waals surface area contributed by atoms with Crippen molar-refractivity contribution in [1.29, 1.82) is 0 Å². The Morgan fingerprint density at radius 1 is 1.53 bits per heavy atom. The van der Waals surface area contributed by atoms with Gasteiger partial charge < -0.3 is 9.39 Å². The molecule has 3 nitrogen and oxygen atoms in total. The average Bonchev–Trinajstić information content (AvgIpc) is 2.56. The molecule has 0 spiro atoms. The third-order valence-corrected chi connectivity index (χ3v) is 2.83. The van der Waals surface area contributed by atoms with Crippen molar-refractivity contribution in [3.8, 4) is 5.75 Å². The van der Waals surface area contributed by atoms with Crippen LogP contribution in [0.15, 0.2) is 18.2 Å². The summed E-state index contributed by atoms with van der Waals surface area (Å²) in [5, 5.41) is 0. The highest BCUT2D eigenvalue weighted by molar-refractivity contribution is 6.67. The summed E-state index contributed by atoms with van der Waals surface area (Å²) >= 11 is 0. The van der Waals surface area contributed by atoms with Crippen LogP contribution in [0.25, 0.3) is 0 Å². The van der Waals surface area contributed by atoms with Crippen molar-refractivity contribution in [3.63, 3.8) is 0 Å². The SMILES string of the molecule is CC[C@H]1OB(C)c2cc(OCN)ccc21. The second-order valence-electron chi connectivity index (χ2n) is 3.78. The van der Waals surface area contributed by atoms with E-state index in [1.807, 2.05) is 12.1 Å². The molecule has 1 atom stereocenters. The molecular weight excluding hydrogens is 189 g/mol. The topological polar surface area (TPSA) is 44.5 Å². The fourth-order valence-electron chi connectivity index (χ4n) is 2.09. The molecule has 0 amide bonds. The van der Waals surface area contributed by atoms with E-state index in [1.165, 1.54) is 11.0 Å². The molecule has 80 valence electrons. The van der Waals surface area contributed by atoms with Crippen molar-refractivity contribution in [2.24, 2.45) is 5.73 Å². The van der Waals surface area contributed by atoms with Gasteiger partial charge in [-0.1, -0.05) is 19.8 Å². The van der Waals surface area contributed by atoms with E-state index in [2.05, 4.69) is 19.8 Å². The van der Waals surface area contributed by atoms with Crippen LogP contribution >= 0.6 is 0 Å². The first-order chi connectivity index (χ1) is 7.26. The Balaban J connectivity index is 2.32. The van der Waals surface area contributed by atoms with E-state index in [9.17, 15) is 0 Å². The van der Waals surface area contributed by atoms with Crippen LogP contribution in [0.5, 0.6) is 5.75 Å². The summed E-state index contributed by atoms with van der Waals surface area (Å²) in [6, 6.07) is 6.07. The standard InChI is InChI=1S/C11H16BNO2/c1-3-11-9-5-4-8(14-7-13)6-10(9)12(2)15-11/h4-6,11H,3,7,13H2,1-2H3/t11-/m1/s1. The molecule has 15 heavy (non-hydrogen) atoms. The lowest BCUT2D eigenvalue weighted by Gasteiger charge is -2.09. The van der Waals surface area contributed by atoms with Gasteiger partial charge in [-0.05, 0) is 29.6 Å². The van der Waals surface area contributed by atoms with E-state index in [-0.39, 0.29) is 19.8 Å². The van der Waals surface area contributed by atoms with Crippen LogP contribution in [0.4, 0.5) is 0 Å². The lowest BCUT2D eigenvalue weighted by molar-refractivity contribution is 0.221. The molecule has 0 fully saturated rings. The minimum atomic E-state index is 0.159. The lowest BCUT2D eigenvalue weighted by atomic mass is 9.64. The van der Waals surface area contributed by atoms with Gasteiger partial charge in [0.2, 0.25) is 0 Å². The van der Waals surface area contributed by atoms with E-state index < -0.39 is 0 Å². The molecule has 2 N–H and O–H groups in total. The summed E-state index contributed by atoms with van der Waals surface area (Å²) in [5.74, 6) is 0.823. The van der Waals surface area contributed by atoms with Gasteiger partial charge in [-0.15, -0.1) is 0 Å². The molecule has 0 bridgehead atoms. The zero-order valence-corrected chi connectivity index (χ0v) is 9.19. The summed E-state index contributed by atoms with van der Waals surface area (Å²) in [6.45, 7) is 4.58. The first kappa shape index (κ1) is 10.5. The van der Waals surface area contributed by atoms with Crippen LogP contribution in [-0.4, -0.2) is 13.6 Å². The number of hydrogen-bond donors (Lipinski definition) is 1. The molecule has 1 aromatic rings. The molecule has 0 aromatic heterocycles. The van der Waals surface area contributed by atoms with Crippen molar-refractivity contribution in [1.82, 2.24) is 0 Å². The van der Waals surface area contributed by atoms with Crippen molar-refractivity contribution in [3.05, 3.63) is 23.8 Å². The summed E-state index contributed by atoms with van der Waals surface area (Å²) in [7, 11) is 0. The van der Waals surface area contributed by atoms with Gasteiger partial charge in [0.1, 0.15) is 12.5 Å². The van der Waals surface area contributed by atoms with Gasteiger partial charge in [0, 0.05) is 0 Å². The van der Waals surface area contributed by atoms with E-state index in [0.29, 0.717) is 0 Å². The number of fused-ring (bicyclic) bond motifs is 1. The number of nitrogens with two attached hydrogens (primary N) is 1. The molecule has 1 heterocycles. The third-order valence-electron chi connectivity index (χ3n) is 2.83. The Bertz CT molecular complexity index is 356. The first-order valence-electron chi connectivity index (χ1n) is 5.38. The molecule has 0 radical (unpaired) electrons. The number of hydrogen-bond acceptors (Lipinski definition) is 3. The minimum absolute atomic E-state index is 0.159. The molecule has 4 heteroatoms. The Kier molecular flexibility index (Phi) is 2.98. The third kappa shape index (κ3) is 1.87. The fourth-order valence-corrected chi connectivity index (χ4v) is 2.09. The molecular formula is C11H16BNO2. The van der Waals surface area contributed by atoms with Crippen molar-refractivity contribution < 1.29 is 9.39 Å². The number of benzene rings is 1. The van der Waals surface area contributed by atoms with Gasteiger partial charge in [0.05, 0.1) is 6.10 Å². The molecule has 0 saturated heterocycles. The Hall–Kier alpha value is -0.995. The quantitative estimate of drug-likeness (QED) is 0.597. The molecule has 0 unspecified atom stereocenters. The zero-order chi connectivity index (χ0) is 10.8. The molecule has 0 aliphatic carbocycles. The molecule has 1 aliphatic heterocycles. The normalized spacial score (nSPS) is 19.1. The molecule has 1 aliphatic rings. The van der Waals surface area contributed by atoms with Gasteiger partial charge in [0.25, 0.3) is 0 Å². The summed E-state index contributed by atoms with van der Waals surface area (Å²) < 4.78 is 11.1. The summed E-state index contributed by atoms with van der Waals surface area (Å²) in [5.41, 5.74) is 7.86. The van der Waals surface area contributed by atoms with Crippen LogP contribution in [0.3, 0.4) is 0 Å². The van der Waals surface area contributed by atoms with Crippen molar-refractivity contribution in [2.75, 3.05) is 6.73 Å². The maximum Gasteiger partial charge on any atom is 0.324 e. The first-order valence-corrected chi connectivity index (χ1v) is 5.38. The van der Waals surface area contributed by atoms with E-state index in [1.54, 1.807) is 0 Å². The van der Waals surface area contributed by atoms with Gasteiger partial charge in [-0.2, -0.15) is 0 Å². The molecule has 0 saturated carbocycles. The van der Waals surface area contributed by atoms with Crippen LogP contribution in [0.2, 0.25) is 6.82 Å². The summed E-state index contributed by atoms with van der Waals surface area (Å²) in [6.07, 6.45) is 1.25. The predicted molar refractivity (Wildman–Crippen MR) is 61.5 cm³/mol. The van der Waals surface area contributed by atoms with Crippen molar-refractivity contribution in [2.45, 2.75) is 26.3 Å². The summed E-state index contributed by atoms with van der Waals surface area (Å²) in [4.78, 5) is 0. The smallest absolute Gasteiger partial charge is 0.324 e. The van der Waals surface area contributed by atoms with Crippen LogP contribution in [0, 0.1) is 0 Å². The maximum atomic E-state index is 5.83. The van der Waals surface area contributed by atoms with Crippen molar-refractivity contribution >= 4 is 12.4 Å². The number of ether oxygens (including phenoxy) is 1. The van der Waals surface area contributed by atoms with E-state index in [4.69, 9.17) is 15.1 Å². The lowest BCUT2D eigenvalue weighted by Crippen LogP contribution is -2.24. The maximum absolute atomic E-state index is 5.83. The van der Waals surface area contributed by atoms with Gasteiger partial charge in [-0.25, -0.2) is 0 Å². The number of rotatable bonds is 3. The molecule has 1 aromatic carbocycles. The molecule has 2 rings (SSSR count). The largest absolute Gasteiger partial charge is 0.479 e. The highest BCUT2D eigenvalue weighted by Gasteiger charge is 2.30. The minimum Gasteiger partial charge on any atom is -0.479 e.